The van der Waals surface area contributed by atoms with Gasteiger partial charge in [0, 0.05) is 41.6 Å². The number of hydrogen-bond donors (Lipinski definition) is 1. The average Bonchev–Trinajstić information content (AvgIpc) is 2.92. The standard InChI is InChI=1S/C32H32N4O3/c1-7-22(4)39-23(5)19-36(6)32(38)24-10-12-26(13-11-24)34-31(37)28-17-29(25-9-8-14-33-18-25)35-30-21(3)15-20(2)16-27(28)30/h7-18H,5,19H2,1-4,6H3,(H,34,37)/b22-7-. The van der Waals surface area contributed by atoms with Gasteiger partial charge in [0.1, 0.15) is 5.76 Å². The van der Waals surface area contributed by atoms with E-state index in [1.54, 1.807) is 49.8 Å². The van der Waals surface area contributed by atoms with E-state index in [0.29, 0.717) is 28.3 Å². The second-order valence-corrected chi connectivity index (χ2v) is 9.51. The van der Waals surface area contributed by atoms with Gasteiger partial charge < -0.3 is 15.0 Å². The Morgan fingerprint density at radius 1 is 1.10 bits per heavy atom. The van der Waals surface area contributed by atoms with Crippen LogP contribution in [0.15, 0.2) is 91.2 Å². The fourth-order valence-corrected chi connectivity index (χ4v) is 4.30. The van der Waals surface area contributed by atoms with E-state index in [-0.39, 0.29) is 18.4 Å². The van der Waals surface area contributed by atoms with Gasteiger partial charge in [-0.25, -0.2) is 4.98 Å². The normalized spacial score (nSPS) is 11.3. The highest BCUT2D eigenvalue weighted by atomic mass is 16.5. The van der Waals surface area contributed by atoms with Crippen LogP contribution in [0, 0.1) is 13.8 Å². The van der Waals surface area contributed by atoms with E-state index in [1.807, 2.05) is 52.0 Å². The lowest BCUT2D eigenvalue weighted by Gasteiger charge is -2.19. The topological polar surface area (TPSA) is 84.4 Å². The summed E-state index contributed by atoms with van der Waals surface area (Å²) >= 11 is 0. The third kappa shape index (κ3) is 6.38. The lowest BCUT2D eigenvalue weighted by atomic mass is 9.99. The molecule has 2 heterocycles. The van der Waals surface area contributed by atoms with Gasteiger partial charge in [-0.3, -0.25) is 14.6 Å². The van der Waals surface area contributed by atoms with Crippen LogP contribution in [0.3, 0.4) is 0 Å². The molecule has 39 heavy (non-hydrogen) atoms. The van der Waals surface area contributed by atoms with E-state index in [9.17, 15) is 9.59 Å². The van der Waals surface area contributed by atoms with Gasteiger partial charge in [-0.05, 0) is 87.9 Å². The summed E-state index contributed by atoms with van der Waals surface area (Å²) in [5.74, 6) is 0.760. The number of carbonyl (C=O) groups is 2. The lowest BCUT2D eigenvalue weighted by molar-refractivity contribution is 0.0787. The zero-order valence-electron chi connectivity index (χ0n) is 22.9. The summed E-state index contributed by atoms with van der Waals surface area (Å²) in [5.41, 5.74) is 5.89. The van der Waals surface area contributed by atoms with E-state index in [1.165, 1.54) is 4.90 Å². The first kappa shape index (κ1) is 27.3. The number of amides is 2. The Morgan fingerprint density at radius 2 is 1.85 bits per heavy atom. The number of hydrogen-bond acceptors (Lipinski definition) is 5. The molecule has 0 fully saturated rings. The maximum Gasteiger partial charge on any atom is 0.256 e. The molecule has 198 valence electrons. The number of likely N-dealkylation sites (N-methyl/N-ethyl adjacent to an activating group) is 1. The average molecular weight is 521 g/mol. The Kier molecular flexibility index (Phi) is 8.20. The number of nitrogens with one attached hydrogen (secondary N) is 1. The highest BCUT2D eigenvalue weighted by molar-refractivity contribution is 6.13. The Labute approximate surface area is 228 Å². The number of carbonyl (C=O) groups excluding carboxylic acids is 2. The molecule has 2 amide bonds. The minimum absolute atomic E-state index is 0.178. The molecule has 0 radical (unpaired) electrons. The minimum Gasteiger partial charge on any atom is -0.465 e. The first-order valence-corrected chi connectivity index (χ1v) is 12.6. The monoisotopic (exact) mass is 520 g/mol. The Morgan fingerprint density at radius 3 is 2.51 bits per heavy atom. The third-order valence-electron chi connectivity index (χ3n) is 6.31. The van der Waals surface area contributed by atoms with Gasteiger partial charge in [-0.15, -0.1) is 0 Å². The number of aryl methyl sites for hydroxylation is 2. The second-order valence-electron chi connectivity index (χ2n) is 9.51. The Hall–Kier alpha value is -4.78. The van der Waals surface area contributed by atoms with Crippen molar-refractivity contribution in [3.63, 3.8) is 0 Å². The zero-order valence-corrected chi connectivity index (χ0v) is 22.9. The molecule has 0 atom stereocenters. The summed E-state index contributed by atoms with van der Waals surface area (Å²) in [6, 6.07) is 16.4. The molecule has 4 rings (SSSR count). The largest absolute Gasteiger partial charge is 0.465 e. The maximum absolute atomic E-state index is 13.5. The van der Waals surface area contributed by atoms with Crippen molar-refractivity contribution in [3.8, 4) is 11.3 Å². The molecule has 0 saturated heterocycles. The van der Waals surface area contributed by atoms with Crippen LogP contribution in [0.25, 0.3) is 22.2 Å². The van der Waals surface area contributed by atoms with Crippen molar-refractivity contribution in [1.29, 1.82) is 0 Å². The fraction of sp³-hybridized carbons (Fsp3) is 0.188. The number of rotatable bonds is 8. The number of benzene rings is 2. The molecule has 7 heteroatoms. The van der Waals surface area contributed by atoms with Crippen LogP contribution in [0.2, 0.25) is 0 Å². The molecule has 0 spiro atoms. The molecule has 0 saturated carbocycles. The Bertz CT molecular complexity index is 1580. The van der Waals surface area contributed by atoms with Crippen molar-refractivity contribution < 1.29 is 14.3 Å². The van der Waals surface area contributed by atoms with E-state index in [0.717, 1.165) is 33.4 Å². The molecule has 0 aliphatic heterocycles. The highest BCUT2D eigenvalue weighted by Crippen LogP contribution is 2.28. The number of anilines is 1. The number of ether oxygens (including phenoxy) is 1. The maximum atomic E-state index is 13.5. The van der Waals surface area contributed by atoms with Gasteiger partial charge >= 0.3 is 0 Å². The van der Waals surface area contributed by atoms with Crippen LogP contribution in [-0.4, -0.2) is 40.3 Å². The van der Waals surface area contributed by atoms with E-state index in [2.05, 4.69) is 22.9 Å². The minimum atomic E-state index is -0.262. The zero-order chi connectivity index (χ0) is 28.1. The predicted molar refractivity (Wildman–Crippen MR) is 155 cm³/mol. The van der Waals surface area contributed by atoms with Crippen molar-refractivity contribution in [2.24, 2.45) is 0 Å². The van der Waals surface area contributed by atoms with Gasteiger partial charge in [-0.1, -0.05) is 18.2 Å². The molecular formula is C32H32N4O3. The number of nitrogens with zero attached hydrogens (tertiary/aromatic N) is 3. The van der Waals surface area contributed by atoms with Crippen LogP contribution in [0.5, 0.6) is 0 Å². The van der Waals surface area contributed by atoms with Gasteiger partial charge in [0.2, 0.25) is 0 Å². The summed E-state index contributed by atoms with van der Waals surface area (Å²) in [5, 5.41) is 3.76. The number of fused-ring (bicyclic) bond motifs is 1. The summed E-state index contributed by atoms with van der Waals surface area (Å²) in [4.78, 5) is 37.0. The predicted octanol–water partition coefficient (Wildman–Crippen LogP) is 6.69. The van der Waals surface area contributed by atoms with Crippen LogP contribution in [-0.2, 0) is 4.74 Å². The molecule has 7 nitrogen and oxygen atoms in total. The van der Waals surface area contributed by atoms with Gasteiger partial charge in [0.15, 0.2) is 0 Å². The first-order chi connectivity index (χ1) is 18.7. The van der Waals surface area contributed by atoms with Gasteiger partial charge in [-0.2, -0.15) is 0 Å². The van der Waals surface area contributed by atoms with E-state index < -0.39 is 0 Å². The van der Waals surface area contributed by atoms with Crippen LogP contribution in [0.4, 0.5) is 5.69 Å². The molecule has 0 bridgehead atoms. The summed E-state index contributed by atoms with van der Waals surface area (Å²) in [6.07, 6.45) is 5.26. The van der Waals surface area contributed by atoms with Crippen LogP contribution < -0.4 is 5.32 Å². The first-order valence-electron chi connectivity index (χ1n) is 12.6. The number of allylic oxidation sites excluding steroid dienone is 2. The van der Waals surface area contributed by atoms with Crippen molar-refractivity contribution in [2.75, 3.05) is 18.9 Å². The van der Waals surface area contributed by atoms with E-state index in [4.69, 9.17) is 9.72 Å². The molecule has 0 aliphatic carbocycles. The lowest BCUT2D eigenvalue weighted by Crippen LogP contribution is -2.29. The molecular weight excluding hydrogens is 488 g/mol. The van der Waals surface area contributed by atoms with Crippen LogP contribution in [0.1, 0.15) is 45.7 Å². The summed E-state index contributed by atoms with van der Waals surface area (Å²) < 4.78 is 5.56. The molecule has 2 aromatic carbocycles. The quantitative estimate of drug-likeness (QED) is 0.262. The second kappa shape index (κ2) is 11.7. The van der Waals surface area contributed by atoms with Gasteiger partial charge in [0.25, 0.3) is 11.8 Å². The SMILES string of the molecule is C=C(CN(C)C(=O)c1ccc(NC(=O)c2cc(-c3cccnc3)nc3c(C)cc(C)cc23)cc1)O/C(C)=C\C. The fourth-order valence-electron chi connectivity index (χ4n) is 4.30. The van der Waals surface area contributed by atoms with Crippen molar-refractivity contribution in [3.05, 3.63) is 113 Å². The Balaban J connectivity index is 1.57. The summed E-state index contributed by atoms with van der Waals surface area (Å²) in [7, 11) is 1.69. The van der Waals surface area contributed by atoms with Crippen molar-refractivity contribution in [1.82, 2.24) is 14.9 Å². The molecule has 4 aromatic rings. The third-order valence-corrected chi connectivity index (χ3v) is 6.31. The van der Waals surface area contributed by atoms with Gasteiger partial charge in [0.05, 0.1) is 29.1 Å². The summed E-state index contributed by atoms with van der Waals surface area (Å²) in [6.45, 7) is 11.8. The number of aromatic nitrogens is 2. The molecule has 1 N–H and O–H groups in total. The smallest absolute Gasteiger partial charge is 0.256 e. The van der Waals surface area contributed by atoms with Crippen LogP contribution >= 0.6 is 0 Å². The van der Waals surface area contributed by atoms with Crippen molar-refractivity contribution in [2.45, 2.75) is 27.7 Å². The highest BCUT2D eigenvalue weighted by Gasteiger charge is 2.17. The van der Waals surface area contributed by atoms with E-state index >= 15 is 0 Å². The molecule has 2 aromatic heterocycles. The molecule has 0 aliphatic rings. The van der Waals surface area contributed by atoms with Crippen molar-refractivity contribution >= 4 is 28.4 Å². The molecule has 0 unspecified atom stereocenters. The number of pyridine rings is 2.